The highest BCUT2D eigenvalue weighted by Gasteiger charge is 2.11. The molecule has 1 fully saturated rings. The van der Waals surface area contributed by atoms with Gasteiger partial charge in [-0.15, -0.1) is 0 Å². The van der Waals surface area contributed by atoms with Crippen molar-refractivity contribution < 1.29 is 14.3 Å². The molecule has 0 unspecified atom stereocenters. The SMILES string of the molecule is COCCCNc1ncc(C(=O)NCCN2CCOCC2)cn1. The number of ether oxygens (including phenoxy) is 2. The molecule has 1 aromatic heterocycles. The number of rotatable bonds is 9. The monoisotopic (exact) mass is 323 g/mol. The predicted octanol–water partition coefficient (Wildman–Crippen LogP) is -0.0130. The van der Waals surface area contributed by atoms with Crippen molar-refractivity contribution in [2.45, 2.75) is 6.42 Å². The zero-order valence-electron chi connectivity index (χ0n) is 13.6. The largest absolute Gasteiger partial charge is 0.385 e. The van der Waals surface area contributed by atoms with Crippen LogP contribution in [0.5, 0.6) is 0 Å². The van der Waals surface area contributed by atoms with Crippen LogP contribution in [0.25, 0.3) is 0 Å². The van der Waals surface area contributed by atoms with E-state index >= 15 is 0 Å². The fraction of sp³-hybridized carbons (Fsp3) is 0.667. The molecule has 1 aliphatic heterocycles. The second-order valence-corrected chi connectivity index (χ2v) is 5.28. The smallest absolute Gasteiger partial charge is 0.254 e. The molecule has 0 aromatic carbocycles. The van der Waals surface area contributed by atoms with Gasteiger partial charge >= 0.3 is 0 Å². The molecule has 1 amide bonds. The van der Waals surface area contributed by atoms with Crippen LogP contribution in [0, 0.1) is 0 Å². The molecular formula is C15H25N5O3. The Morgan fingerprint density at radius 1 is 1.30 bits per heavy atom. The van der Waals surface area contributed by atoms with E-state index in [2.05, 4.69) is 25.5 Å². The summed E-state index contributed by atoms with van der Waals surface area (Å²) in [7, 11) is 1.67. The third kappa shape index (κ3) is 6.47. The van der Waals surface area contributed by atoms with E-state index in [1.165, 1.54) is 12.4 Å². The first-order valence-corrected chi connectivity index (χ1v) is 7.93. The van der Waals surface area contributed by atoms with Crippen LogP contribution < -0.4 is 10.6 Å². The highest BCUT2D eigenvalue weighted by Crippen LogP contribution is 2.01. The lowest BCUT2D eigenvalue weighted by Crippen LogP contribution is -2.41. The summed E-state index contributed by atoms with van der Waals surface area (Å²) in [6, 6.07) is 0. The average molecular weight is 323 g/mol. The van der Waals surface area contributed by atoms with E-state index in [1.54, 1.807) is 7.11 Å². The molecule has 128 valence electrons. The van der Waals surface area contributed by atoms with E-state index in [0.717, 1.165) is 45.8 Å². The minimum Gasteiger partial charge on any atom is -0.385 e. The van der Waals surface area contributed by atoms with Gasteiger partial charge in [-0.2, -0.15) is 0 Å². The lowest BCUT2D eigenvalue weighted by Gasteiger charge is -2.26. The maximum absolute atomic E-state index is 12.0. The Balaban J connectivity index is 1.67. The van der Waals surface area contributed by atoms with Gasteiger partial charge in [0.15, 0.2) is 0 Å². The van der Waals surface area contributed by atoms with Crippen LogP contribution >= 0.6 is 0 Å². The molecular weight excluding hydrogens is 298 g/mol. The number of nitrogens with one attached hydrogen (secondary N) is 2. The third-order valence-corrected chi connectivity index (χ3v) is 3.54. The number of hydrogen-bond acceptors (Lipinski definition) is 7. The number of aromatic nitrogens is 2. The van der Waals surface area contributed by atoms with Gasteiger partial charge in [0.05, 0.1) is 18.8 Å². The maximum Gasteiger partial charge on any atom is 0.254 e. The van der Waals surface area contributed by atoms with Crippen molar-refractivity contribution in [3.05, 3.63) is 18.0 Å². The van der Waals surface area contributed by atoms with Gasteiger partial charge in [-0.25, -0.2) is 9.97 Å². The highest BCUT2D eigenvalue weighted by atomic mass is 16.5. The summed E-state index contributed by atoms with van der Waals surface area (Å²) in [5.74, 6) is 0.371. The van der Waals surface area contributed by atoms with Crippen LogP contribution in [0.2, 0.25) is 0 Å². The second kappa shape index (κ2) is 10.1. The van der Waals surface area contributed by atoms with Crippen molar-refractivity contribution in [2.75, 3.05) is 65.0 Å². The summed E-state index contributed by atoms with van der Waals surface area (Å²) < 4.78 is 10.3. The molecule has 0 radical (unpaired) electrons. The second-order valence-electron chi connectivity index (χ2n) is 5.28. The molecule has 1 aliphatic rings. The quantitative estimate of drug-likeness (QED) is 0.618. The van der Waals surface area contributed by atoms with E-state index in [9.17, 15) is 4.79 Å². The standard InChI is InChI=1S/C15H25N5O3/c1-22-8-2-3-17-15-18-11-13(12-19-15)14(21)16-4-5-20-6-9-23-10-7-20/h11-12H,2-10H2,1H3,(H,16,21)(H,17,18,19). The maximum atomic E-state index is 12.0. The summed E-state index contributed by atoms with van der Waals surface area (Å²) in [6.45, 7) is 6.23. The van der Waals surface area contributed by atoms with Crippen LogP contribution in [0.15, 0.2) is 12.4 Å². The zero-order valence-corrected chi connectivity index (χ0v) is 13.6. The van der Waals surface area contributed by atoms with Gasteiger partial charge in [-0.1, -0.05) is 0 Å². The lowest BCUT2D eigenvalue weighted by molar-refractivity contribution is 0.0383. The fourth-order valence-electron chi connectivity index (χ4n) is 2.21. The van der Waals surface area contributed by atoms with E-state index in [0.29, 0.717) is 24.7 Å². The number of carbonyl (C=O) groups is 1. The van der Waals surface area contributed by atoms with Gasteiger partial charge in [-0.3, -0.25) is 9.69 Å². The third-order valence-electron chi connectivity index (χ3n) is 3.54. The van der Waals surface area contributed by atoms with Crippen molar-refractivity contribution in [2.24, 2.45) is 0 Å². The van der Waals surface area contributed by atoms with Crippen LogP contribution in [-0.4, -0.2) is 80.4 Å². The normalized spacial score (nSPS) is 15.3. The van der Waals surface area contributed by atoms with Crippen molar-refractivity contribution >= 4 is 11.9 Å². The Morgan fingerprint density at radius 2 is 2.04 bits per heavy atom. The first-order valence-electron chi connectivity index (χ1n) is 7.93. The molecule has 0 atom stereocenters. The molecule has 0 bridgehead atoms. The number of morpholine rings is 1. The minimum absolute atomic E-state index is 0.149. The lowest BCUT2D eigenvalue weighted by atomic mass is 10.3. The zero-order chi connectivity index (χ0) is 16.3. The van der Waals surface area contributed by atoms with Crippen molar-refractivity contribution in [3.63, 3.8) is 0 Å². The molecule has 0 saturated carbocycles. The molecule has 8 heteroatoms. The Hall–Kier alpha value is -1.77. The van der Waals surface area contributed by atoms with Crippen molar-refractivity contribution in [3.8, 4) is 0 Å². The summed E-state index contributed by atoms with van der Waals surface area (Å²) in [5.41, 5.74) is 0.467. The number of amides is 1. The molecule has 2 N–H and O–H groups in total. The van der Waals surface area contributed by atoms with E-state index in [1.807, 2.05) is 0 Å². The average Bonchev–Trinajstić information content (AvgIpc) is 2.60. The number of nitrogens with zero attached hydrogens (tertiary/aromatic N) is 3. The molecule has 0 spiro atoms. The Morgan fingerprint density at radius 3 is 2.74 bits per heavy atom. The van der Waals surface area contributed by atoms with Crippen LogP contribution in [0.4, 0.5) is 5.95 Å². The first-order chi connectivity index (χ1) is 11.3. The van der Waals surface area contributed by atoms with E-state index in [-0.39, 0.29) is 5.91 Å². The number of hydrogen-bond donors (Lipinski definition) is 2. The van der Waals surface area contributed by atoms with Gasteiger partial charge < -0.3 is 20.1 Å². The van der Waals surface area contributed by atoms with Gasteiger partial charge in [0.1, 0.15) is 0 Å². The molecule has 1 aromatic rings. The number of methoxy groups -OCH3 is 1. The highest BCUT2D eigenvalue weighted by molar-refractivity contribution is 5.93. The van der Waals surface area contributed by atoms with Gasteiger partial charge in [-0.05, 0) is 6.42 Å². The molecule has 0 aliphatic carbocycles. The van der Waals surface area contributed by atoms with Crippen LogP contribution in [0.1, 0.15) is 16.8 Å². The van der Waals surface area contributed by atoms with Gasteiger partial charge in [0, 0.05) is 58.8 Å². The predicted molar refractivity (Wildman–Crippen MR) is 86.6 cm³/mol. The van der Waals surface area contributed by atoms with Crippen molar-refractivity contribution in [1.82, 2.24) is 20.2 Å². The molecule has 23 heavy (non-hydrogen) atoms. The Bertz CT molecular complexity index is 463. The molecule has 1 saturated heterocycles. The summed E-state index contributed by atoms with van der Waals surface area (Å²) in [4.78, 5) is 22.6. The van der Waals surface area contributed by atoms with Crippen LogP contribution in [0.3, 0.4) is 0 Å². The van der Waals surface area contributed by atoms with Gasteiger partial charge in [0.25, 0.3) is 5.91 Å². The Kier molecular flexibility index (Phi) is 7.71. The first kappa shape index (κ1) is 17.6. The van der Waals surface area contributed by atoms with E-state index in [4.69, 9.17) is 9.47 Å². The summed E-state index contributed by atoms with van der Waals surface area (Å²) >= 11 is 0. The minimum atomic E-state index is -0.149. The summed E-state index contributed by atoms with van der Waals surface area (Å²) in [6.07, 6.45) is 3.95. The van der Waals surface area contributed by atoms with Crippen molar-refractivity contribution in [1.29, 1.82) is 0 Å². The number of carbonyl (C=O) groups excluding carboxylic acids is 1. The fourth-order valence-corrected chi connectivity index (χ4v) is 2.21. The summed E-state index contributed by atoms with van der Waals surface area (Å²) in [5, 5.41) is 5.97. The molecule has 2 rings (SSSR count). The molecule has 2 heterocycles. The van der Waals surface area contributed by atoms with E-state index < -0.39 is 0 Å². The Labute approximate surface area is 136 Å². The van der Waals surface area contributed by atoms with Gasteiger partial charge in [0.2, 0.25) is 5.95 Å². The number of anilines is 1. The molecule has 8 nitrogen and oxygen atoms in total. The van der Waals surface area contributed by atoms with Crippen LogP contribution in [-0.2, 0) is 9.47 Å². The topological polar surface area (TPSA) is 88.6 Å².